The monoisotopic (exact) mass is 499 g/mol. The van der Waals surface area contributed by atoms with Crippen LogP contribution in [0.25, 0.3) is 12.2 Å². The van der Waals surface area contributed by atoms with Crippen LogP contribution in [0.15, 0.2) is 47.5 Å². The zero-order valence-electron chi connectivity index (χ0n) is 18.9. The Morgan fingerprint density at radius 1 is 0.889 bits per heavy atom. The highest BCUT2D eigenvalue weighted by molar-refractivity contribution is 6.15. The van der Waals surface area contributed by atoms with Crippen LogP contribution in [0.2, 0.25) is 0 Å². The zero-order chi connectivity index (χ0) is 26.6. The molecule has 1 aliphatic rings. The molecule has 1 amide bonds. The van der Waals surface area contributed by atoms with Gasteiger partial charge in [0.25, 0.3) is 0 Å². The molecule has 0 atom stereocenters. The van der Waals surface area contributed by atoms with Gasteiger partial charge in [-0.2, -0.15) is 8.78 Å². The summed E-state index contributed by atoms with van der Waals surface area (Å²) in [6, 6.07) is 6.10. The number of nitro groups is 2. The lowest BCUT2D eigenvalue weighted by molar-refractivity contribution is -0.387. The number of nitro benzene ring substituents is 2. The first-order valence-electron chi connectivity index (χ1n) is 10.6. The van der Waals surface area contributed by atoms with E-state index in [0.29, 0.717) is 0 Å². The Morgan fingerprint density at radius 2 is 1.33 bits per heavy atom. The first kappa shape index (κ1) is 26.0. The molecular weight excluding hydrogens is 480 g/mol. The number of nitrogens with zero attached hydrogens (tertiary/aromatic N) is 3. The average molecular weight is 499 g/mol. The van der Waals surface area contributed by atoms with Crippen molar-refractivity contribution in [1.82, 2.24) is 4.90 Å². The van der Waals surface area contributed by atoms with Crippen LogP contribution in [-0.4, -0.2) is 45.3 Å². The van der Waals surface area contributed by atoms with E-state index in [-0.39, 0.29) is 54.0 Å². The third-order valence-corrected chi connectivity index (χ3v) is 5.36. The van der Waals surface area contributed by atoms with Gasteiger partial charge in [0.1, 0.15) is 5.78 Å². The Morgan fingerprint density at radius 3 is 1.72 bits per heavy atom. The number of rotatable bonds is 7. The number of likely N-dealkylation sites (tertiary alicyclic amines) is 1. The quantitative estimate of drug-likeness (QED) is 0.318. The molecule has 186 valence electrons. The van der Waals surface area contributed by atoms with Crippen LogP contribution in [0.3, 0.4) is 0 Å². The summed E-state index contributed by atoms with van der Waals surface area (Å²) in [6.07, 6.45) is 2.42. The van der Waals surface area contributed by atoms with Crippen LogP contribution in [-0.2, 0) is 14.4 Å². The molecule has 12 heteroatoms. The zero-order valence-corrected chi connectivity index (χ0v) is 18.9. The van der Waals surface area contributed by atoms with Gasteiger partial charge in [-0.15, -0.1) is 0 Å². The van der Waals surface area contributed by atoms with E-state index >= 15 is 0 Å². The first-order chi connectivity index (χ1) is 17.0. The van der Waals surface area contributed by atoms with Crippen molar-refractivity contribution in [3.63, 3.8) is 0 Å². The van der Waals surface area contributed by atoms with E-state index in [2.05, 4.69) is 0 Å². The van der Waals surface area contributed by atoms with Crippen LogP contribution < -0.4 is 0 Å². The van der Waals surface area contributed by atoms with E-state index in [4.69, 9.17) is 0 Å². The number of ketones is 2. The molecular formula is C24H19F2N3O7. The second-order valence-corrected chi connectivity index (χ2v) is 8.06. The van der Waals surface area contributed by atoms with Crippen LogP contribution in [0, 0.1) is 31.9 Å². The Kier molecular flexibility index (Phi) is 7.77. The Balaban J connectivity index is 2.05. The molecule has 0 N–H and O–H groups in total. The van der Waals surface area contributed by atoms with Gasteiger partial charge in [0, 0.05) is 49.2 Å². The number of hydrogen-bond acceptors (Lipinski definition) is 7. The predicted molar refractivity (Wildman–Crippen MR) is 124 cm³/mol. The molecule has 1 aliphatic heterocycles. The Labute approximate surface area is 202 Å². The highest BCUT2D eigenvalue weighted by Crippen LogP contribution is 2.27. The van der Waals surface area contributed by atoms with E-state index in [1.807, 2.05) is 0 Å². The third kappa shape index (κ3) is 6.09. The first-order valence-corrected chi connectivity index (χ1v) is 10.6. The van der Waals surface area contributed by atoms with E-state index in [1.54, 1.807) is 0 Å². The summed E-state index contributed by atoms with van der Waals surface area (Å²) in [5, 5.41) is 22.1. The molecule has 2 aromatic rings. The molecule has 0 unspecified atom stereocenters. The lowest BCUT2D eigenvalue weighted by atomic mass is 9.93. The number of carbonyl (C=O) groups excluding carboxylic acids is 3. The summed E-state index contributed by atoms with van der Waals surface area (Å²) in [4.78, 5) is 58.8. The van der Waals surface area contributed by atoms with Gasteiger partial charge in [-0.05, 0) is 42.3 Å². The largest absolute Gasteiger partial charge is 0.334 e. The fraction of sp³-hybridized carbons (Fsp3) is 0.208. The Bertz CT molecular complexity index is 1270. The molecule has 1 fully saturated rings. The van der Waals surface area contributed by atoms with Crippen LogP contribution in [0.1, 0.15) is 30.9 Å². The van der Waals surface area contributed by atoms with Crippen LogP contribution in [0.4, 0.5) is 20.2 Å². The second-order valence-electron chi connectivity index (χ2n) is 8.06. The van der Waals surface area contributed by atoms with E-state index in [1.165, 1.54) is 36.1 Å². The van der Waals surface area contributed by atoms with Crippen molar-refractivity contribution < 1.29 is 33.0 Å². The SMILES string of the molecule is CC(=O)CCC(=O)N1C/C(=C\c2ccc(F)c([N+](=O)[O-])c2)C(=O)/C(=C/c2ccc(F)c([N+](=O)[O-])c2)C1. The minimum atomic E-state index is -1.06. The molecule has 0 radical (unpaired) electrons. The molecule has 10 nitrogen and oxygen atoms in total. The van der Waals surface area contributed by atoms with Crippen LogP contribution in [0.5, 0.6) is 0 Å². The summed E-state index contributed by atoms with van der Waals surface area (Å²) >= 11 is 0. The van der Waals surface area contributed by atoms with E-state index < -0.39 is 44.5 Å². The highest BCUT2D eigenvalue weighted by Gasteiger charge is 2.29. The maximum atomic E-state index is 13.7. The van der Waals surface area contributed by atoms with Gasteiger partial charge in [0.05, 0.1) is 9.85 Å². The van der Waals surface area contributed by atoms with Crippen molar-refractivity contribution >= 4 is 41.0 Å². The smallest absolute Gasteiger partial charge is 0.305 e. The highest BCUT2D eigenvalue weighted by atomic mass is 19.1. The number of piperidine rings is 1. The summed E-state index contributed by atoms with van der Waals surface area (Å²) in [6.45, 7) is 0.968. The van der Waals surface area contributed by atoms with Crippen molar-refractivity contribution in [2.24, 2.45) is 0 Å². The maximum absolute atomic E-state index is 13.7. The van der Waals surface area contributed by atoms with Crippen molar-refractivity contribution in [1.29, 1.82) is 0 Å². The Hall–Kier alpha value is -4.61. The average Bonchev–Trinajstić information content (AvgIpc) is 2.81. The van der Waals surface area contributed by atoms with Gasteiger partial charge in [-0.3, -0.25) is 29.8 Å². The number of amides is 1. The number of hydrogen-bond donors (Lipinski definition) is 0. The summed E-state index contributed by atoms with van der Waals surface area (Å²) in [7, 11) is 0. The second kappa shape index (κ2) is 10.8. The third-order valence-electron chi connectivity index (χ3n) is 5.36. The summed E-state index contributed by atoms with van der Waals surface area (Å²) in [5.74, 6) is -3.32. The van der Waals surface area contributed by atoms with Gasteiger partial charge in [0.15, 0.2) is 5.78 Å². The van der Waals surface area contributed by atoms with Gasteiger partial charge in [-0.1, -0.05) is 12.1 Å². The standard InChI is InChI=1S/C24H19F2N3O7/c1-14(30)2-7-23(31)27-12-17(8-15-3-5-19(25)21(10-15)28(33)34)24(32)18(13-27)9-16-4-6-20(26)22(11-16)29(35)36/h3-6,8-11H,2,7,12-13H2,1H3/b17-8+,18-9+. The summed E-state index contributed by atoms with van der Waals surface area (Å²) in [5.41, 5.74) is -1.22. The molecule has 3 rings (SSSR count). The van der Waals surface area contributed by atoms with Crippen molar-refractivity contribution in [3.8, 4) is 0 Å². The molecule has 0 saturated carbocycles. The van der Waals surface area contributed by atoms with E-state index in [9.17, 15) is 43.4 Å². The minimum Gasteiger partial charge on any atom is -0.334 e. The maximum Gasteiger partial charge on any atom is 0.305 e. The normalized spacial score (nSPS) is 15.9. The lowest BCUT2D eigenvalue weighted by Crippen LogP contribution is -2.41. The molecule has 0 aromatic heterocycles. The fourth-order valence-electron chi connectivity index (χ4n) is 3.58. The number of halogens is 2. The molecule has 0 aliphatic carbocycles. The van der Waals surface area contributed by atoms with Crippen LogP contribution >= 0.6 is 0 Å². The van der Waals surface area contributed by atoms with E-state index in [0.717, 1.165) is 24.3 Å². The molecule has 0 bridgehead atoms. The molecule has 1 heterocycles. The minimum absolute atomic E-state index is 0.0182. The molecule has 2 aromatic carbocycles. The molecule has 1 saturated heterocycles. The number of carbonyl (C=O) groups is 3. The topological polar surface area (TPSA) is 141 Å². The van der Waals surface area contributed by atoms with Gasteiger partial charge < -0.3 is 9.69 Å². The molecule has 36 heavy (non-hydrogen) atoms. The van der Waals surface area contributed by atoms with Crippen molar-refractivity contribution in [3.05, 3.63) is 90.5 Å². The molecule has 0 spiro atoms. The van der Waals surface area contributed by atoms with Crippen molar-refractivity contribution in [2.75, 3.05) is 13.1 Å². The summed E-state index contributed by atoms with van der Waals surface area (Å²) < 4.78 is 27.4. The van der Waals surface area contributed by atoms with Gasteiger partial charge in [0.2, 0.25) is 17.5 Å². The lowest BCUT2D eigenvalue weighted by Gasteiger charge is -2.30. The van der Waals surface area contributed by atoms with Gasteiger partial charge in [-0.25, -0.2) is 0 Å². The number of benzene rings is 2. The number of Topliss-reactive ketones (excluding diaryl/α,β-unsaturated/α-hetero) is 2. The predicted octanol–water partition coefficient (Wildman–Crippen LogP) is 4.03. The van der Waals surface area contributed by atoms with Gasteiger partial charge >= 0.3 is 11.4 Å². The fourth-order valence-corrected chi connectivity index (χ4v) is 3.58. The van der Waals surface area contributed by atoms with Crippen molar-refractivity contribution in [2.45, 2.75) is 19.8 Å².